The molecular formula is C15H17FO3. The van der Waals surface area contributed by atoms with Crippen molar-refractivity contribution in [2.24, 2.45) is 5.92 Å². The van der Waals surface area contributed by atoms with Crippen molar-refractivity contribution in [1.82, 2.24) is 0 Å². The highest BCUT2D eigenvalue weighted by molar-refractivity contribution is 5.79. The third-order valence-electron chi connectivity index (χ3n) is 3.55. The molecule has 0 saturated carbocycles. The fourth-order valence-corrected chi connectivity index (χ4v) is 2.61. The summed E-state index contributed by atoms with van der Waals surface area (Å²) in [5.74, 6) is -0.474. The lowest BCUT2D eigenvalue weighted by Gasteiger charge is -2.15. The summed E-state index contributed by atoms with van der Waals surface area (Å²) in [7, 11) is 2.97. The molecule has 0 aliphatic heterocycles. The number of hydrogen-bond donors (Lipinski definition) is 0. The molecule has 0 N–H and O–H groups in total. The minimum atomic E-state index is -0.288. The van der Waals surface area contributed by atoms with Crippen LogP contribution < -0.4 is 0 Å². The second-order valence-electron chi connectivity index (χ2n) is 4.62. The molecule has 0 fully saturated rings. The van der Waals surface area contributed by atoms with Gasteiger partial charge in [-0.2, -0.15) is 0 Å². The molecule has 0 heterocycles. The van der Waals surface area contributed by atoms with Crippen molar-refractivity contribution in [1.29, 1.82) is 0 Å². The average molecular weight is 264 g/mol. The summed E-state index contributed by atoms with van der Waals surface area (Å²) in [4.78, 5) is 11.2. The van der Waals surface area contributed by atoms with Crippen LogP contribution in [-0.2, 0) is 14.3 Å². The molecule has 4 heteroatoms. The number of benzene rings is 1. The Morgan fingerprint density at radius 2 is 2.16 bits per heavy atom. The first-order chi connectivity index (χ1) is 9.08. The van der Waals surface area contributed by atoms with Crippen LogP contribution in [0.1, 0.15) is 30.6 Å². The highest BCUT2D eigenvalue weighted by Crippen LogP contribution is 2.46. The van der Waals surface area contributed by atoms with Gasteiger partial charge in [0.25, 0.3) is 0 Å². The first-order valence-electron chi connectivity index (χ1n) is 6.18. The molecule has 1 aromatic rings. The van der Waals surface area contributed by atoms with E-state index in [2.05, 4.69) is 4.74 Å². The van der Waals surface area contributed by atoms with E-state index in [9.17, 15) is 9.18 Å². The number of carbonyl (C=O) groups excluding carboxylic acids is 1. The van der Waals surface area contributed by atoms with Gasteiger partial charge in [-0.05, 0) is 28.8 Å². The van der Waals surface area contributed by atoms with E-state index in [1.54, 1.807) is 13.2 Å². The number of methoxy groups -OCH3 is 2. The van der Waals surface area contributed by atoms with Crippen LogP contribution in [0.4, 0.5) is 4.39 Å². The topological polar surface area (TPSA) is 35.5 Å². The van der Waals surface area contributed by atoms with Gasteiger partial charge >= 0.3 is 5.97 Å². The fraction of sp³-hybridized carbons (Fsp3) is 0.400. The third kappa shape index (κ3) is 2.54. The predicted octanol–water partition coefficient (Wildman–Crippen LogP) is 3.11. The molecule has 0 amide bonds. The molecule has 0 bridgehead atoms. The van der Waals surface area contributed by atoms with Gasteiger partial charge in [0.15, 0.2) is 0 Å². The van der Waals surface area contributed by atoms with Crippen LogP contribution in [0.3, 0.4) is 0 Å². The largest absolute Gasteiger partial charge is 0.469 e. The van der Waals surface area contributed by atoms with E-state index in [1.165, 1.54) is 19.2 Å². The maximum atomic E-state index is 13.3. The Kier molecular flexibility index (Phi) is 4.00. The summed E-state index contributed by atoms with van der Waals surface area (Å²) in [5, 5.41) is 0. The van der Waals surface area contributed by atoms with Gasteiger partial charge in [0.1, 0.15) is 5.82 Å². The van der Waals surface area contributed by atoms with Gasteiger partial charge in [-0.1, -0.05) is 19.1 Å². The van der Waals surface area contributed by atoms with Crippen LogP contribution >= 0.6 is 0 Å². The van der Waals surface area contributed by atoms with Crippen molar-refractivity contribution in [2.75, 3.05) is 14.2 Å². The normalized spacial score (nSPS) is 23.5. The highest BCUT2D eigenvalue weighted by atomic mass is 19.1. The predicted molar refractivity (Wildman–Crippen MR) is 69.9 cm³/mol. The number of halogens is 1. The number of ether oxygens (including phenoxy) is 2. The van der Waals surface area contributed by atoms with Crippen LogP contribution in [0.5, 0.6) is 0 Å². The molecule has 1 aliphatic rings. The first kappa shape index (κ1) is 13.7. The Morgan fingerprint density at radius 1 is 1.42 bits per heavy atom. The van der Waals surface area contributed by atoms with Crippen LogP contribution in [0, 0.1) is 11.7 Å². The van der Waals surface area contributed by atoms with Crippen molar-refractivity contribution in [3.8, 4) is 0 Å². The molecule has 0 radical (unpaired) electrons. The monoisotopic (exact) mass is 264 g/mol. The van der Waals surface area contributed by atoms with Crippen molar-refractivity contribution in [3.63, 3.8) is 0 Å². The Hall–Kier alpha value is -1.68. The van der Waals surface area contributed by atoms with E-state index >= 15 is 0 Å². The van der Waals surface area contributed by atoms with E-state index in [-0.39, 0.29) is 30.2 Å². The van der Waals surface area contributed by atoms with E-state index in [4.69, 9.17) is 4.74 Å². The number of rotatable bonds is 3. The lowest BCUT2D eigenvalue weighted by Crippen LogP contribution is -2.05. The van der Waals surface area contributed by atoms with Crippen LogP contribution in [0.2, 0.25) is 0 Å². The van der Waals surface area contributed by atoms with Gasteiger partial charge in [0.2, 0.25) is 0 Å². The smallest absolute Gasteiger partial charge is 0.309 e. The molecule has 1 aliphatic carbocycles. The molecule has 0 unspecified atom stereocenters. The number of carbonyl (C=O) groups is 1. The molecule has 2 atom stereocenters. The molecule has 102 valence electrons. The molecule has 1 aromatic carbocycles. The molecular weight excluding hydrogens is 247 g/mol. The van der Waals surface area contributed by atoms with Gasteiger partial charge in [-0.3, -0.25) is 4.79 Å². The molecule has 3 nitrogen and oxygen atoms in total. The lowest BCUT2D eigenvalue weighted by molar-refractivity contribution is -0.139. The number of fused-ring (bicyclic) bond motifs is 1. The summed E-state index contributed by atoms with van der Waals surface area (Å²) in [6.07, 6.45) is 1.88. The van der Waals surface area contributed by atoms with Crippen LogP contribution in [0.15, 0.2) is 24.3 Å². The standard InChI is InChI=1S/C15H17FO3/c1-9-11(6-7-14(17)18-2)12-5-4-10(16)8-13(12)15(9)19-3/h4-6,8-9,15H,7H2,1-3H3/t9-,15+/m1/s1. The zero-order valence-electron chi connectivity index (χ0n) is 11.3. The van der Waals surface area contributed by atoms with Crippen molar-refractivity contribution >= 4 is 11.5 Å². The molecule has 19 heavy (non-hydrogen) atoms. The molecule has 2 rings (SSSR count). The molecule has 0 saturated heterocycles. The summed E-state index contributed by atoms with van der Waals surface area (Å²) >= 11 is 0. The average Bonchev–Trinajstić information content (AvgIpc) is 2.66. The Bertz CT molecular complexity index is 522. The van der Waals surface area contributed by atoms with Crippen molar-refractivity contribution < 1.29 is 18.7 Å². The Labute approximate surface area is 112 Å². The van der Waals surface area contributed by atoms with Gasteiger partial charge in [0, 0.05) is 13.0 Å². The number of hydrogen-bond acceptors (Lipinski definition) is 3. The third-order valence-corrected chi connectivity index (χ3v) is 3.55. The molecule has 0 aromatic heterocycles. The zero-order valence-corrected chi connectivity index (χ0v) is 11.3. The second kappa shape index (κ2) is 5.53. The van der Waals surface area contributed by atoms with E-state index < -0.39 is 0 Å². The number of esters is 1. The quantitative estimate of drug-likeness (QED) is 0.787. The summed E-state index contributed by atoms with van der Waals surface area (Å²) in [6.45, 7) is 2.01. The summed E-state index contributed by atoms with van der Waals surface area (Å²) in [5.41, 5.74) is 2.79. The zero-order chi connectivity index (χ0) is 14.0. The van der Waals surface area contributed by atoms with Gasteiger partial charge < -0.3 is 9.47 Å². The maximum absolute atomic E-state index is 13.3. The first-order valence-corrected chi connectivity index (χ1v) is 6.18. The van der Waals surface area contributed by atoms with Gasteiger partial charge in [-0.15, -0.1) is 0 Å². The van der Waals surface area contributed by atoms with Gasteiger partial charge in [-0.25, -0.2) is 4.39 Å². The lowest BCUT2D eigenvalue weighted by atomic mass is 9.99. The minimum Gasteiger partial charge on any atom is -0.469 e. The Balaban J connectivity index is 2.39. The minimum absolute atomic E-state index is 0.0893. The fourth-order valence-electron chi connectivity index (χ4n) is 2.61. The van der Waals surface area contributed by atoms with Crippen molar-refractivity contribution in [2.45, 2.75) is 19.4 Å². The Morgan fingerprint density at radius 3 is 2.79 bits per heavy atom. The molecule has 0 spiro atoms. The van der Waals surface area contributed by atoms with E-state index in [0.717, 1.165) is 16.7 Å². The highest BCUT2D eigenvalue weighted by Gasteiger charge is 2.33. The van der Waals surface area contributed by atoms with Gasteiger partial charge in [0.05, 0.1) is 19.6 Å². The maximum Gasteiger partial charge on any atom is 0.309 e. The van der Waals surface area contributed by atoms with E-state index in [1.807, 2.05) is 13.0 Å². The van der Waals surface area contributed by atoms with E-state index in [0.29, 0.717) is 0 Å². The summed E-state index contributed by atoms with van der Waals surface area (Å²) in [6, 6.07) is 4.66. The van der Waals surface area contributed by atoms with Crippen LogP contribution in [0.25, 0.3) is 5.57 Å². The summed E-state index contributed by atoms with van der Waals surface area (Å²) < 4.78 is 23.4. The van der Waals surface area contributed by atoms with Crippen LogP contribution in [-0.4, -0.2) is 20.2 Å². The second-order valence-corrected chi connectivity index (χ2v) is 4.62. The van der Waals surface area contributed by atoms with Crippen molar-refractivity contribution in [3.05, 3.63) is 41.2 Å². The SMILES string of the molecule is COC(=O)CC=C1c2ccc(F)cc2[C@@H](OC)[C@@H]1C.